The molecule has 0 radical (unpaired) electrons. The second-order valence-corrected chi connectivity index (χ2v) is 5.60. The van der Waals surface area contributed by atoms with E-state index >= 15 is 0 Å². The fourth-order valence-electron chi connectivity index (χ4n) is 1.14. The van der Waals surface area contributed by atoms with Gasteiger partial charge in [-0.25, -0.2) is 4.79 Å². The van der Waals surface area contributed by atoms with E-state index in [0.29, 0.717) is 0 Å². The molecule has 0 aromatic heterocycles. The first-order valence-corrected chi connectivity index (χ1v) is 6.07. The third-order valence-electron chi connectivity index (χ3n) is 2.13. The summed E-state index contributed by atoms with van der Waals surface area (Å²) in [5.41, 5.74) is -0.428. The van der Waals surface area contributed by atoms with E-state index in [0.717, 1.165) is 0 Å². The minimum Gasteiger partial charge on any atom is -0.550 e. The number of ether oxygens (including phenoxy) is 1. The van der Waals surface area contributed by atoms with E-state index in [4.69, 9.17) is 4.74 Å². The number of carboxylic acid groups (broad SMARTS) is 1. The van der Waals surface area contributed by atoms with Crippen molar-refractivity contribution in [2.45, 2.75) is 45.8 Å². The minimum absolute atomic E-state index is 0.0878. The molecule has 0 saturated heterocycles. The molecule has 0 aliphatic heterocycles. The molecule has 0 rings (SSSR count). The highest BCUT2D eigenvalue weighted by Crippen LogP contribution is 2.17. The van der Waals surface area contributed by atoms with Crippen LogP contribution in [0.15, 0.2) is 0 Å². The summed E-state index contributed by atoms with van der Waals surface area (Å²) in [5, 5.41) is 11.7. The predicted octanol–water partition coefficient (Wildman–Crippen LogP) is 0.153. The standard InChI is InChI=1S/C12H18F3NO5/c1-11(2,3)6-21-9(19)7(4-5-8(17)18)16-10(20)12(13,14)15/h7H,4-6H2,1-3H3,(H,16,20)(H,17,18)/p-1. The van der Waals surface area contributed by atoms with Crippen molar-refractivity contribution in [3.63, 3.8) is 0 Å². The Morgan fingerprint density at radius 2 is 1.71 bits per heavy atom. The van der Waals surface area contributed by atoms with Gasteiger partial charge in [0.15, 0.2) is 0 Å². The van der Waals surface area contributed by atoms with Crippen LogP contribution < -0.4 is 10.4 Å². The lowest BCUT2D eigenvalue weighted by Crippen LogP contribution is -2.48. The first-order valence-electron chi connectivity index (χ1n) is 6.07. The van der Waals surface area contributed by atoms with Gasteiger partial charge in [0, 0.05) is 5.97 Å². The summed E-state index contributed by atoms with van der Waals surface area (Å²) >= 11 is 0. The Morgan fingerprint density at radius 1 is 1.19 bits per heavy atom. The van der Waals surface area contributed by atoms with Gasteiger partial charge in [-0.2, -0.15) is 13.2 Å². The van der Waals surface area contributed by atoms with E-state index in [2.05, 4.69) is 0 Å². The van der Waals surface area contributed by atoms with E-state index in [9.17, 15) is 32.7 Å². The van der Waals surface area contributed by atoms with Gasteiger partial charge in [0.25, 0.3) is 0 Å². The van der Waals surface area contributed by atoms with Gasteiger partial charge < -0.3 is 20.0 Å². The Kier molecular flexibility index (Phi) is 6.65. The molecule has 122 valence electrons. The van der Waals surface area contributed by atoms with Crippen molar-refractivity contribution >= 4 is 17.8 Å². The molecule has 0 saturated carbocycles. The molecule has 6 nitrogen and oxygen atoms in total. The van der Waals surface area contributed by atoms with Crippen LogP contribution in [0.3, 0.4) is 0 Å². The van der Waals surface area contributed by atoms with Crippen LogP contribution in [0.25, 0.3) is 0 Å². The van der Waals surface area contributed by atoms with E-state index in [-0.39, 0.29) is 6.61 Å². The number of aliphatic carboxylic acids is 1. The van der Waals surface area contributed by atoms with E-state index in [1.807, 2.05) is 0 Å². The van der Waals surface area contributed by atoms with Crippen LogP contribution >= 0.6 is 0 Å². The number of hydrogen-bond acceptors (Lipinski definition) is 5. The molecule has 9 heteroatoms. The quantitative estimate of drug-likeness (QED) is 0.705. The molecule has 1 amide bonds. The number of carbonyl (C=O) groups is 3. The molecule has 0 aromatic rings. The van der Waals surface area contributed by atoms with Gasteiger partial charge in [0.2, 0.25) is 0 Å². The second-order valence-electron chi connectivity index (χ2n) is 5.60. The number of halogens is 3. The first-order chi connectivity index (χ1) is 9.33. The Labute approximate surface area is 119 Å². The van der Waals surface area contributed by atoms with Gasteiger partial charge in [-0.3, -0.25) is 4.79 Å². The average molecular weight is 312 g/mol. The number of rotatable bonds is 6. The van der Waals surface area contributed by atoms with Gasteiger partial charge in [0.05, 0.1) is 6.61 Å². The smallest absolute Gasteiger partial charge is 0.471 e. The number of amides is 1. The molecule has 0 spiro atoms. The van der Waals surface area contributed by atoms with Crippen LogP contribution in [0.4, 0.5) is 13.2 Å². The summed E-state index contributed by atoms with van der Waals surface area (Å²) < 4.78 is 41.2. The van der Waals surface area contributed by atoms with E-state index in [1.54, 1.807) is 20.8 Å². The van der Waals surface area contributed by atoms with Crippen molar-refractivity contribution in [1.82, 2.24) is 5.32 Å². The van der Waals surface area contributed by atoms with Gasteiger partial charge in [-0.15, -0.1) is 0 Å². The van der Waals surface area contributed by atoms with Crippen molar-refractivity contribution in [2.75, 3.05) is 6.61 Å². The highest BCUT2D eigenvalue weighted by atomic mass is 19.4. The van der Waals surface area contributed by atoms with Crippen molar-refractivity contribution in [1.29, 1.82) is 0 Å². The van der Waals surface area contributed by atoms with Gasteiger partial charge in [-0.1, -0.05) is 20.8 Å². The number of carboxylic acids is 1. The zero-order valence-electron chi connectivity index (χ0n) is 11.9. The fourth-order valence-corrected chi connectivity index (χ4v) is 1.14. The maximum atomic E-state index is 12.2. The van der Waals surface area contributed by atoms with Crippen LogP contribution in [0.2, 0.25) is 0 Å². The Bertz CT molecular complexity index is 401. The molecule has 1 unspecified atom stereocenters. The van der Waals surface area contributed by atoms with Crippen LogP contribution in [-0.4, -0.2) is 36.7 Å². The molecule has 1 atom stereocenters. The summed E-state index contributed by atoms with van der Waals surface area (Å²) in [4.78, 5) is 32.8. The average Bonchev–Trinajstić information content (AvgIpc) is 2.28. The summed E-state index contributed by atoms with van der Waals surface area (Å²) in [5.74, 6) is -5.01. The fraction of sp³-hybridized carbons (Fsp3) is 0.750. The van der Waals surface area contributed by atoms with Gasteiger partial charge in [-0.05, 0) is 18.3 Å². The predicted molar refractivity (Wildman–Crippen MR) is 62.6 cm³/mol. The van der Waals surface area contributed by atoms with E-state index < -0.39 is 48.3 Å². The Morgan fingerprint density at radius 3 is 2.10 bits per heavy atom. The monoisotopic (exact) mass is 312 g/mol. The molecule has 0 aliphatic rings. The van der Waals surface area contributed by atoms with Crippen molar-refractivity contribution in [3.05, 3.63) is 0 Å². The molecule has 0 aromatic carbocycles. The number of carbonyl (C=O) groups excluding carboxylic acids is 3. The molecule has 0 fully saturated rings. The topological polar surface area (TPSA) is 95.5 Å². The molecular weight excluding hydrogens is 295 g/mol. The van der Waals surface area contributed by atoms with Crippen LogP contribution in [0.5, 0.6) is 0 Å². The normalized spacial score (nSPS) is 13.4. The third kappa shape index (κ3) is 8.87. The lowest BCUT2D eigenvalue weighted by molar-refractivity contribution is -0.305. The first kappa shape index (κ1) is 19.2. The Hall–Kier alpha value is -1.80. The molecule has 0 aliphatic carbocycles. The summed E-state index contributed by atoms with van der Waals surface area (Å²) in [6.07, 6.45) is -6.41. The highest BCUT2D eigenvalue weighted by molar-refractivity contribution is 5.87. The SMILES string of the molecule is CC(C)(C)COC(=O)C(CCC(=O)[O-])NC(=O)C(F)(F)F. The number of esters is 1. The van der Waals surface area contributed by atoms with Crippen LogP contribution in [0, 0.1) is 5.41 Å². The lowest BCUT2D eigenvalue weighted by Gasteiger charge is -2.22. The number of nitrogens with one attached hydrogen (secondary N) is 1. The van der Waals surface area contributed by atoms with Crippen molar-refractivity contribution < 1.29 is 37.4 Å². The minimum atomic E-state index is -5.18. The molecule has 0 heterocycles. The largest absolute Gasteiger partial charge is 0.550 e. The maximum Gasteiger partial charge on any atom is 0.471 e. The maximum absolute atomic E-state index is 12.2. The molecule has 1 N–H and O–H groups in total. The highest BCUT2D eigenvalue weighted by Gasteiger charge is 2.41. The summed E-state index contributed by atoms with van der Waals surface area (Å²) in [6, 6.07) is -1.70. The van der Waals surface area contributed by atoms with Gasteiger partial charge in [0.1, 0.15) is 6.04 Å². The molecule has 21 heavy (non-hydrogen) atoms. The zero-order chi connectivity index (χ0) is 16.8. The van der Waals surface area contributed by atoms with Crippen LogP contribution in [-0.2, 0) is 19.1 Å². The van der Waals surface area contributed by atoms with E-state index in [1.165, 1.54) is 5.32 Å². The lowest BCUT2D eigenvalue weighted by atomic mass is 9.98. The second kappa shape index (κ2) is 7.28. The number of hydrogen-bond donors (Lipinski definition) is 1. The summed E-state index contributed by atoms with van der Waals surface area (Å²) in [7, 11) is 0. The third-order valence-corrected chi connectivity index (χ3v) is 2.13. The zero-order valence-corrected chi connectivity index (χ0v) is 11.9. The summed E-state index contributed by atoms with van der Waals surface area (Å²) in [6.45, 7) is 5.09. The van der Waals surface area contributed by atoms with Crippen molar-refractivity contribution in [3.8, 4) is 0 Å². The number of alkyl halides is 3. The Balaban J connectivity index is 4.76. The van der Waals surface area contributed by atoms with Crippen molar-refractivity contribution in [2.24, 2.45) is 5.41 Å². The van der Waals surface area contributed by atoms with Gasteiger partial charge >= 0.3 is 18.1 Å². The van der Waals surface area contributed by atoms with Crippen LogP contribution in [0.1, 0.15) is 33.6 Å². The molecular formula is C12H17F3NO5-. The molecule has 0 bridgehead atoms.